The first-order chi connectivity index (χ1) is 47.1. The molecule has 0 radical (unpaired) electrons. The lowest BCUT2D eigenvalue weighted by atomic mass is 9.84. The molecule has 9 unspecified atom stereocenters. The zero-order valence-corrected chi connectivity index (χ0v) is 55.3. The number of fused-ring (bicyclic) bond motifs is 15. The van der Waals surface area contributed by atoms with Gasteiger partial charge in [-0.1, -0.05) is 55.2 Å². The molecule has 11 bridgehead atoms. The van der Waals surface area contributed by atoms with Gasteiger partial charge >= 0.3 is 5.97 Å². The minimum Gasteiger partial charge on any atom is -0.508 e. The third-order valence-corrected chi connectivity index (χ3v) is 18.6. The maximum atomic E-state index is 16.1. The predicted octanol–water partition coefficient (Wildman–Crippen LogP) is 1.82. The number of carboxylic acid groups (broad SMARTS) is 1. The number of aliphatic hydroxyl groups is 6. The number of carbonyl (C=O) groups is 8. The summed E-state index contributed by atoms with van der Waals surface area (Å²) in [6, 6.07) is 4.10. The lowest BCUT2D eigenvalue weighted by Crippen LogP contribution is -2.64. The van der Waals surface area contributed by atoms with Crippen molar-refractivity contribution in [1.82, 2.24) is 21.3 Å². The van der Waals surface area contributed by atoms with Gasteiger partial charge in [-0.3, -0.25) is 33.6 Å². The number of nitrogens with one attached hydrogen (secondary N) is 4. The van der Waals surface area contributed by atoms with E-state index in [-0.39, 0.29) is 52.0 Å². The molecular formula is C67H75Cl2N7O24. The van der Waals surface area contributed by atoms with Gasteiger partial charge in [0.1, 0.15) is 77.4 Å². The normalized spacial score (nSPS) is 29.8. The largest absolute Gasteiger partial charge is 0.508 e. The molecule has 536 valence electrons. The maximum Gasteiger partial charge on any atom is 0.330 e. The molecule has 31 nitrogen and oxygen atoms in total. The van der Waals surface area contributed by atoms with Gasteiger partial charge < -0.3 is 118 Å². The van der Waals surface area contributed by atoms with Crippen LogP contribution in [0.4, 0.5) is 0 Å². The van der Waals surface area contributed by atoms with E-state index in [0.717, 1.165) is 66.7 Å². The number of rotatable bonds is 12. The average Bonchev–Trinajstić information content (AvgIpc) is 0.768. The summed E-state index contributed by atoms with van der Waals surface area (Å²) in [5, 5.41) is 123. The number of phenolic OH excluding ortho intramolecular Hbond substituents is 3. The van der Waals surface area contributed by atoms with Crippen LogP contribution in [0.5, 0.6) is 46.0 Å². The van der Waals surface area contributed by atoms with Crippen molar-refractivity contribution in [1.29, 1.82) is 0 Å². The Morgan fingerprint density at radius 2 is 1.37 bits per heavy atom. The Kier molecular flexibility index (Phi) is 22.0. The summed E-state index contributed by atoms with van der Waals surface area (Å²) in [6.07, 6.45) is -20.5. The zero-order chi connectivity index (χ0) is 72.8. The topological polar surface area (TPSA) is 520 Å². The second kappa shape index (κ2) is 29.8. The summed E-state index contributed by atoms with van der Waals surface area (Å²) in [7, 11) is 0. The molecule has 7 aliphatic rings. The highest BCUT2D eigenvalue weighted by atomic mass is 35.5. The number of Topliss-reactive ketones (excluding diaryl/α,β-unsaturated/α-hetero) is 2. The van der Waals surface area contributed by atoms with Crippen molar-refractivity contribution < 1.29 is 118 Å². The third kappa shape index (κ3) is 15.6. The highest BCUT2D eigenvalue weighted by molar-refractivity contribution is 6.32. The number of aliphatic hydroxyl groups excluding tert-OH is 6. The molecule has 5 aromatic carbocycles. The fourth-order valence-electron chi connectivity index (χ4n) is 12.8. The third-order valence-electron chi connectivity index (χ3n) is 18.1. The monoisotopic (exact) mass is 1430 g/mol. The lowest BCUT2D eigenvalue weighted by molar-refractivity contribution is -0.333. The van der Waals surface area contributed by atoms with Gasteiger partial charge in [0.05, 0.1) is 46.7 Å². The molecule has 18 atom stereocenters. The Hall–Kier alpha value is -8.80. The van der Waals surface area contributed by atoms with E-state index in [2.05, 4.69) is 21.3 Å². The van der Waals surface area contributed by atoms with Crippen molar-refractivity contribution >= 4 is 70.3 Å². The van der Waals surface area contributed by atoms with Crippen LogP contribution in [0.2, 0.25) is 10.0 Å². The number of phenols is 3. The Morgan fingerprint density at radius 1 is 0.740 bits per heavy atom. The number of aromatic hydroxyl groups is 3. The fraction of sp³-hybridized carbons (Fsp3) is 0.433. The molecule has 2 saturated heterocycles. The van der Waals surface area contributed by atoms with Gasteiger partial charge in [-0.2, -0.15) is 0 Å². The van der Waals surface area contributed by atoms with Crippen LogP contribution in [0, 0.1) is 11.8 Å². The van der Waals surface area contributed by atoms with Crippen molar-refractivity contribution in [2.24, 2.45) is 29.0 Å². The van der Waals surface area contributed by atoms with Gasteiger partial charge in [0.15, 0.2) is 41.5 Å². The van der Waals surface area contributed by atoms with E-state index in [0.29, 0.717) is 0 Å². The van der Waals surface area contributed by atoms with E-state index in [9.17, 15) is 75.0 Å². The van der Waals surface area contributed by atoms with E-state index in [1.165, 1.54) is 26.0 Å². The van der Waals surface area contributed by atoms with Gasteiger partial charge in [-0.25, -0.2) is 4.79 Å². The standard InChI is InChI=1S/C67H75Cl2N7O24/c1-24(2)11-37(70)63(91)75-52-40(81)15-30(18-47(71)83)61(89)73-50-29-16-44(96-42-9-6-27(54(52)84)13-35(42)68)58(100-66-59(57(87)56(86)46(23-77)98-66)99-48-22-67(4,72)60(88)25(3)95-48)45(17-29)97-43-10-7-28(14-36(43)69)55(85)53-64(92)74-51(65(93)94)34-19-31(78)20-39(80)49(34)33-12-26(5-8-38(33)79)32(21-41(50)82)62(90)76-53/h5-10,12-14,16-17,19-20,24-25,30,32,37,46,48,50-57,59-60,66,77-80,84-88H,11,15,18,21-23,70,72H2,1-4H3,(H2,71,83)(H,73,89)(H,74,92)(H,75,91)(H,76,90)(H,93,94)/t25?,30-,32+,37+,46?,48?,50+,51-,52-,53+,54+,55+,56?,57?,59?,60?,66?,67?/m0/s1. The van der Waals surface area contributed by atoms with Crippen molar-refractivity contribution in [2.45, 2.75) is 163 Å². The number of amides is 5. The number of nitrogens with two attached hydrogens (primary N) is 3. The van der Waals surface area contributed by atoms with Gasteiger partial charge in [-0.15, -0.1) is 0 Å². The second-order valence-corrected chi connectivity index (χ2v) is 26.9. The lowest BCUT2D eigenvalue weighted by Gasteiger charge is -2.47. The summed E-state index contributed by atoms with van der Waals surface area (Å²) in [6.45, 7) is 5.59. The van der Waals surface area contributed by atoms with E-state index in [1.807, 2.05) is 0 Å². The van der Waals surface area contributed by atoms with Gasteiger partial charge in [0.2, 0.25) is 41.6 Å². The predicted molar refractivity (Wildman–Crippen MR) is 347 cm³/mol. The first kappa shape index (κ1) is 73.9. The molecule has 5 amide bonds. The van der Waals surface area contributed by atoms with E-state index in [1.54, 1.807) is 13.8 Å². The van der Waals surface area contributed by atoms with Crippen LogP contribution >= 0.6 is 23.2 Å². The van der Waals surface area contributed by atoms with Crippen molar-refractivity contribution in [2.75, 3.05) is 6.61 Å². The van der Waals surface area contributed by atoms with Crippen LogP contribution in [0.1, 0.15) is 118 Å². The summed E-state index contributed by atoms with van der Waals surface area (Å²) >= 11 is 14.1. The molecule has 0 saturated carbocycles. The minimum atomic E-state index is -2.25. The van der Waals surface area contributed by atoms with Crippen molar-refractivity contribution in [3.8, 4) is 57.1 Å². The number of primary amides is 1. The minimum absolute atomic E-state index is 0.100. The molecule has 5 aromatic rings. The number of benzene rings is 5. The number of hydrogen-bond donors (Lipinski definition) is 17. The fourth-order valence-corrected chi connectivity index (χ4v) is 13.3. The maximum absolute atomic E-state index is 16.1. The highest BCUT2D eigenvalue weighted by Gasteiger charge is 2.51. The average molecular weight is 1430 g/mol. The number of aliphatic carboxylic acids is 1. The van der Waals surface area contributed by atoms with E-state index >= 15 is 14.4 Å². The Labute approximate surface area is 579 Å². The molecule has 7 aliphatic heterocycles. The van der Waals surface area contributed by atoms with Crippen LogP contribution in [0.25, 0.3) is 11.1 Å². The van der Waals surface area contributed by atoms with Gasteiger partial charge in [0.25, 0.3) is 0 Å². The first-order valence-electron chi connectivity index (χ1n) is 31.6. The molecule has 100 heavy (non-hydrogen) atoms. The second-order valence-electron chi connectivity index (χ2n) is 26.1. The molecule has 12 rings (SSSR count). The summed E-state index contributed by atoms with van der Waals surface area (Å²) < 4.78 is 38.4. The van der Waals surface area contributed by atoms with Crippen LogP contribution in [0.3, 0.4) is 0 Å². The SMILES string of the molecule is CC(C)C[C@@H](N)C(=O)N[C@H]1C(=O)C[C@@H](CC(N)=O)C(=O)N[C@H]2C(=O)C[C@H]3C(=O)N[C@@H](C(=O)N[C@H](C(=O)O)c4cc(O)cc(O)c4-c4cc3ccc4O)[C@H](O)c3ccc(c(Cl)c3)Oc3cc2cc(c3OC2OC(CO)C(O)C(O)C2OC2CC(C)(N)C(O)C(C)O2)Oc2ccc(cc2Cl)[C@H]1O. The molecule has 20 N–H and O–H groups in total. The van der Waals surface area contributed by atoms with Gasteiger partial charge in [0, 0.05) is 54.0 Å². The van der Waals surface area contributed by atoms with Crippen LogP contribution in [0.15, 0.2) is 78.9 Å². The Balaban J connectivity index is 1.24. The first-order valence-corrected chi connectivity index (χ1v) is 32.4. The number of carboxylic acids is 1. The van der Waals surface area contributed by atoms with Crippen molar-refractivity contribution in [3.05, 3.63) is 117 Å². The summed E-state index contributed by atoms with van der Waals surface area (Å²) in [5.41, 5.74) is 14.6. The molecule has 0 aliphatic carbocycles. The van der Waals surface area contributed by atoms with Crippen molar-refractivity contribution in [3.63, 3.8) is 0 Å². The quantitative estimate of drug-likeness (QED) is 0.0847. The zero-order valence-electron chi connectivity index (χ0n) is 53.8. The Morgan fingerprint density at radius 3 is 1.96 bits per heavy atom. The van der Waals surface area contributed by atoms with E-state index in [4.69, 9.17) is 68.8 Å². The highest BCUT2D eigenvalue weighted by Crippen LogP contribution is 2.50. The van der Waals surface area contributed by atoms with Crippen LogP contribution in [-0.4, -0.2) is 178 Å². The number of carbonyl (C=O) groups excluding carboxylic acids is 7. The van der Waals surface area contributed by atoms with E-state index < -0.39 is 244 Å². The number of ether oxygens (including phenoxy) is 6. The summed E-state index contributed by atoms with van der Waals surface area (Å²) in [4.78, 5) is 117. The molecule has 2 fully saturated rings. The number of ketones is 2. The van der Waals surface area contributed by atoms with Crippen LogP contribution in [-0.2, 0) is 52.6 Å². The molecule has 7 heterocycles. The smallest absolute Gasteiger partial charge is 0.330 e. The number of hydrogen-bond acceptors (Lipinski definition) is 25. The summed E-state index contributed by atoms with van der Waals surface area (Å²) in [5.74, 6) is -18.9. The van der Waals surface area contributed by atoms with Gasteiger partial charge in [-0.05, 0) is 103 Å². The molecular weight excluding hydrogens is 1360 g/mol. The Bertz CT molecular complexity index is 4050. The van der Waals surface area contributed by atoms with Crippen LogP contribution < -0.4 is 52.7 Å². The molecule has 33 heteroatoms. The molecule has 0 spiro atoms. The number of halogens is 2. The molecule has 0 aromatic heterocycles.